The third-order valence-corrected chi connectivity index (χ3v) is 2.00. The van der Waals surface area contributed by atoms with E-state index in [1.165, 1.54) is 0 Å². The van der Waals surface area contributed by atoms with Crippen molar-refractivity contribution in [1.82, 2.24) is 4.90 Å². The predicted octanol–water partition coefficient (Wildman–Crippen LogP) is -0.987. The van der Waals surface area contributed by atoms with Gasteiger partial charge < -0.3 is 21.1 Å². The lowest BCUT2D eigenvalue weighted by atomic mass is 10.1. The van der Waals surface area contributed by atoms with Gasteiger partial charge in [0.25, 0.3) is 0 Å². The number of methoxy groups -OCH3 is 1. The lowest BCUT2D eigenvalue weighted by Crippen LogP contribution is -2.41. The lowest BCUT2D eigenvalue weighted by Gasteiger charge is -2.22. The first-order valence-corrected chi connectivity index (χ1v) is 4.69. The van der Waals surface area contributed by atoms with E-state index < -0.39 is 0 Å². The van der Waals surface area contributed by atoms with E-state index in [0.29, 0.717) is 19.7 Å². The molecule has 4 N–H and O–H groups in total. The first-order valence-electron chi connectivity index (χ1n) is 4.69. The highest BCUT2D eigenvalue weighted by atomic mass is 16.5. The largest absolute Gasteiger partial charge is 0.383 e. The van der Waals surface area contributed by atoms with E-state index in [4.69, 9.17) is 16.2 Å². The molecule has 0 spiro atoms. The molecule has 0 aliphatic rings. The molecule has 0 aromatic heterocycles. The molecule has 0 bridgehead atoms. The first kappa shape index (κ1) is 13.4. The van der Waals surface area contributed by atoms with Gasteiger partial charge in [-0.3, -0.25) is 4.79 Å². The van der Waals surface area contributed by atoms with Crippen molar-refractivity contribution >= 4 is 5.91 Å². The van der Waals surface area contributed by atoms with Crippen molar-refractivity contribution in [2.75, 3.05) is 33.9 Å². The molecule has 84 valence electrons. The molecule has 0 aliphatic heterocycles. The Morgan fingerprint density at radius 3 is 2.50 bits per heavy atom. The molecule has 0 rings (SSSR count). The van der Waals surface area contributed by atoms with Gasteiger partial charge in [-0.25, -0.2) is 0 Å². The number of hydrogen-bond acceptors (Lipinski definition) is 4. The van der Waals surface area contributed by atoms with Crippen LogP contribution >= 0.6 is 0 Å². The summed E-state index contributed by atoms with van der Waals surface area (Å²) < 4.78 is 4.91. The molecule has 0 saturated carbocycles. The minimum Gasteiger partial charge on any atom is -0.383 e. The van der Waals surface area contributed by atoms with Crippen molar-refractivity contribution in [2.45, 2.75) is 13.0 Å². The monoisotopic (exact) mass is 203 g/mol. The highest BCUT2D eigenvalue weighted by molar-refractivity contribution is 5.76. The summed E-state index contributed by atoms with van der Waals surface area (Å²) in [5.74, 6) is -0.424. The predicted molar refractivity (Wildman–Crippen MR) is 55.7 cm³/mol. The van der Waals surface area contributed by atoms with E-state index in [-0.39, 0.29) is 17.9 Å². The number of rotatable bonds is 7. The van der Waals surface area contributed by atoms with Gasteiger partial charge in [-0.15, -0.1) is 0 Å². The summed E-state index contributed by atoms with van der Waals surface area (Å²) in [6, 6.07) is -0.0231. The van der Waals surface area contributed by atoms with Crippen LogP contribution in [0.25, 0.3) is 0 Å². The van der Waals surface area contributed by atoms with Gasteiger partial charge in [-0.2, -0.15) is 0 Å². The summed E-state index contributed by atoms with van der Waals surface area (Å²) in [6.45, 7) is 3.66. The summed E-state index contributed by atoms with van der Waals surface area (Å²) in [6.07, 6.45) is 0. The van der Waals surface area contributed by atoms with Crippen LogP contribution in [0.4, 0.5) is 0 Å². The van der Waals surface area contributed by atoms with Gasteiger partial charge in [0, 0.05) is 32.2 Å². The standard InChI is InChI=1S/C9H21N3O2/c1-7(9(11)13)4-12(2)5-8(10)6-14-3/h7-8H,4-6,10H2,1-3H3,(H2,11,13). The third-order valence-electron chi connectivity index (χ3n) is 2.00. The molecule has 5 heteroatoms. The second kappa shape index (κ2) is 6.75. The van der Waals surface area contributed by atoms with Gasteiger partial charge in [-0.1, -0.05) is 6.92 Å². The molecule has 0 aliphatic carbocycles. The molecule has 0 saturated heterocycles. The van der Waals surface area contributed by atoms with Crippen LogP contribution in [0.5, 0.6) is 0 Å². The molecule has 0 radical (unpaired) electrons. The minimum absolute atomic E-state index is 0.0231. The first-order chi connectivity index (χ1) is 6.47. The van der Waals surface area contributed by atoms with Crippen molar-refractivity contribution in [1.29, 1.82) is 0 Å². The Morgan fingerprint density at radius 2 is 2.07 bits per heavy atom. The smallest absolute Gasteiger partial charge is 0.221 e. The number of amides is 1. The van der Waals surface area contributed by atoms with Gasteiger partial charge in [0.15, 0.2) is 0 Å². The maximum Gasteiger partial charge on any atom is 0.221 e. The molecule has 14 heavy (non-hydrogen) atoms. The maximum atomic E-state index is 10.8. The van der Waals surface area contributed by atoms with Crippen LogP contribution in [0.1, 0.15) is 6.92 Å². The zero-order valence-electron chi connectivity index (χ0n) is 9.19. The summed E-state index contributed by atoms with van der Waals surface area (Å²) >= 11 is 0. The number of hydrogen-bond donors (Lipinski definition) is 2. The minimum atomic E-state index is -0.280. The highest BCUT2D eigenvalue weighted by Crippen LogP contribution is 1.97. The zero-order chi connectivity index (χ0) is 11.1. The Kier molecular flexibility index (Phi) is 6.44. The molecule has 0 fully saturated rings. The second-order valence-corrected chi connectivity index (χ2v) is 3.74. The van der Waals surface area contributed by atoms with Crippen LogP contribution < -0.4 is 11.5 Å². The number of nitrogens with zero attached hydrogens (tertiary/aromatic N) is 1. The molecule has 1 amide bonds. The molecule has 0 aromatic rings. The van der Waals surface area contributed by atoms with Crippen LogP contribution in [0.2, 0.25) is 0 Å². The topological polar surface area (TPSA) is 81.6 Å². The van der Waals surface area contributed by atoms with Crippen LogP contribution in [-0.2, 0) is 9.53 Å². The van der Waals surface area contributed by atoms with Gasteiger partial charge in [-0.05, 0) is 7.05 Å². The van der Waals surface area contributed by atoms with E-state index in [0.717, 1.165) is 0 Å². The van der Waals surface area contributed by atoms with Gasteiger partial charge >= 0.3 is 0 Å². The number of primary amides is 1. The summed E-state index contributed by atoms with van der Waals surface area (Å²) in [5, 5.41) is 0. The van der Waals surface area contributed by atoms with Crippen LogP contribution in [0, 0.1) is 5.92 Å². The van der Waals surface area contributed by atoms with E-state index in [2.05, 4.69) is 0 Å². The Labute approximate surface area is 85.4 Å². The molecular weight excluding hydrogens is 182 g/mol. The lowest BCUT2D eigenvalue weighted by molar-refractivity contribution is -0.121. The maximum absolute atomic E-state index is 10.8. The average molecular weight is 203 g/mol. The van der Waals surface area contributed by atoms with Crippen molar-refractivity contribution < 1.29 is 9.53 Å². The molecule has 2 unspecified atom stereocenters. The Balaban J connectivity index is 3.74. The molecule has 0 heterocycles. The van der Waals surface area contributed by atoms with Crippen molar-refractivity contribution in [2.24, 2.45) is 17.4 Å². The van der Waals surface area contributed by atoms with Gasteiger partial charge in [0.1, 0.15) is 0 Å². The second-order valence-electron chi connectivity index (χ2n) is 3.74. The van der Waals surface area contributed by atoms with E-state index in [9.17, 15) is 4.79 Å². The number of ether oxygens (including phenoxy) is 1. The normalized spacial score (nSPS) is 15.5. The number of carbonyl (C=O) groups is 1. The summed E-state index contributed by atoms with van der Waals surface area (Å²) in [7, 11) is 3.53. The van der Waals surface area contributed by atoms with Crippen molar-refractivity contribution in [3.63, 3.8) is 0 Å². The molecule has 5 nitrogen and oxygen atoms in total. The van der Waals surface area contributed by atoms with Crippen molar-refractivity contribution in [3.8, 4) is 0 Å². The van der Waals surface area contributed by atoms with Crippen LogP contribution in [0.3, 0.4) is 0 Å². The van der Waals surface area contributed by atoms with E-state index >= 15 is 0 Å². The van der Waals surface area contributed by atoms with E-state index in [1.807, 2.05) is 11.9 Å². The Morgan fingerprint density at radius 1 is 1.50 bits per heavy atom. The third kappa shape index (κ3) is 5.90. The highest BCUT2D eigenvalue weighted by Gasteiger charge is 2.13. The zero-order valence-corrected chi connectivity index (χ0v) is 9.19. The SMILES string of the molecule is COCC(N)CN(C)CC(C)C(N)=O. The van der Waals surface area contributed by atoms with Gasteiger partial charge in [0.05, 0.1) is 6.61 Å². The molecular formula is C9H21N3O2. The Hall–Kier alpha value is -0.650. The Bertz CT molecular complexity index is 175. The van der Waals surface area contributed by atoms with Crippen LogP contribution in [0.15, 0.2) is 0 Å². The molecule has 2 atom stereocenters. The van der Waals surface area contributed by atoms with Crippen molar-refractivity contribution in [3.05, 3.63) is 0 Å². The van der Waals surface area contributed by atoms with E-state index in [1.54, 1.807) is 14.0 Å². The molecule has 0 aromatic carbocycles. The fourth-order valence-corrected chi connectivity index (χ4v) is 1.30. The van der Waals surface area contributed by atoms with Gasteiger partial charge in [0.2, 0.25) is 5.91 Å². The fraction of sp³-hybridized carbons (Fsp3) is 0.889. The number of likely N-dealkylation sites (N-methyl/N-ethyl adjacent to an activating group) is 1. The summed E-state index contributed by atoms with van der Waals surface area (Å²) in [5.41, 5.74) is 10.9. The number of nitrogens with two attached hydrogens (primary N) is 2. The number of carbonyl (C=O) groups excluding carboxylic acids is 1. The fourth-order valence-electron chi connectivity index (χ4n) is 1.30. The quantitative estimate of drug-likeness (QED) is 0.557. The average Bonchev–Trinajstić information content (AvgIpc) is 2.03. The van der Waals surface area contributed by atoms with Crippen LogP contribution in [-0.4, -0.2) is 50.7 Å². The summed E-state index contributed by atoms with van der Waals surface area (Å²) in [4.78, 5) is 12.8.